The van der Waals surface area contributed by atoms with Crippen LogP contribution in [0.25, 0.3) is 22.7 Å². The summed E-state index contributed by atoms with van der Waals surface area (Å²) in [7, 11) is 1.61. The second-order valence-corrected chi connectivity index (χ2v) is 4.02. The lowest BCUT2D eigenvalue weighted by atomic mass is 10.3. The maximum absolute atomic E-state index is 5.13. The van der Waals surface area contributed by atoms with E-state index >= 15 is 0 Å². The second kappa shape index (κ2) is 4.23. The van der Waals surface area contributed by atoms with Gasteiger partial charge < -0.3 is 14.2 Å². The van der Waals surface area contributed by atoms with Crippen molar-refractivity contribution in [1.29, 1.82) is 0 Å². The van der Waals surface area contributed by atoms with Crippen LogP contribution < -0.4 is 0 Å². The van der Waals surface area contributed by atoms with Crippen LogP contribution in [-0.4, -0.2) is 27.2 Å². The molecule has 0 fully saturated rings. The van der Waals surface area contributed by atoms with Gasteiger partial charge in [0.1, 0.15) is 12.3 Å². The largest absolute Gasteiger partial charge is 0.377 e. The van der Waals surface area contributed by atoms with Crippen molar-refractivity contribution in [3.63, 3.8) is 0 Å². The fourth-order valence-electron chi connectivity index (χ4n) is 1.79. The van der Waals surface area contributed by atoms with E-state index in [2.05, 4.69) is 20.1 Å². The number of pyridine rings is 1. The van der Waals surface area contributed by atoms with E-state index in [0.29, 0.717) is 29.5 Å². The zero-order valence-corrected chi connectivity index (χ0v) is 10.1. The number of ether oxygens (including phenoxy) is 1. The molecular formula is C12H12N4O2. The quantitative estimate of drug-likeness (QED) is 0.763. The molecule has 0 unspecified atom stereocenters. The first-order chi connectivity index (χ1) is 8.78. The highest BCUT2D eigenvalue weighted by Crippen LogP contribution is 2.21. The number of nitrogens with zero attached hydrogens (tertiary/aromatic N) is 3. The van der Waals surface area contributed by atoms with Crippen molar-refractivity contribution in [2.75, 3.05) is 7.11 Å². The van der Waals surface area contributed by atoms with E-state index in [0.717, 1.165) is 11.1 Å². The number of aromatic nitrogens is 4. The van der Waals surface area contributed by atoms with Gasteiger partial charge in [-0.3, -0.25) is 0 Å². The number of fused-ring (bicyclic) bond motifs is 1. The molecule has 0 aliphatic carbocycles. The van der Waals surface area contributed by atoms with Gasteiger partial charge >= 0.3 is 0 Å². The average molecular weight is 244 g/mol. The minimum absolute atomic E-state index is 0.393. The smallest absolute Gasteiger partial charge is 0.178 e. The van der Waals surface area contributed by atoms with Gasteiger partial charge in [-0.25, -0.2) is 9.97 Å². The molecule has 3 aromatic rings. The fraction of sp³-hybridized carbons (Fsp3) is 0.250. The highest BCUT2D eigenvalue weighted by atomic mass is 16.5. The SMILES string of the molecule is COCc1cc(-c2nc3nccc(C)c3[nH]2)no1. The second-order valence-electron chi connectivity index (χ2n) is 4.02. The highest BCUT2D eigenvalue weighted by Gasteiger charge is 2.12. The molecule has 6 heteroatoms. The molecule has 0 saturated carbocycles. The Balaban J connectivity index is 2.05. The summed E-state index contributed by atoms with van der Waals surface area (Å²) in [5, 5.41) is 3.95. The van der Waals surface area contributed by atoms with Crippen molar-refractivity contribution in [2.45, 2.75) is 13.5 Å². The summed E-state index contributed by atoms with van der Waals surface area (Å²) in [6.45, 7) is 2.40. The Bertz CT molecular complexity index is 686. The molecule has 0 aliphatic rings. The van der Waals surface area contributed by atoms with Crippen molar-refractivity contribution in [3.05, 3.63) is 29.7 Å². The van der Waals surface area contributed by atoms with Crippen LogP contribution in [0.5, 0.6) is 0 Å². The molecule has 1 N–H and O–H groups in total. The summed E-state index contributed by atoms with van der Waals surface area (Å²) in [5.41, 5.74) is 3.35. The van der Waals surface area contributed by atoms with Crippen LogP contribution in [0.3, 0.4) is 0 Å². The maximum Gasteiger partial charge on any atom is 0.178 e. The monoisotopic (exact) mass is 244 g/mol. The Labute approximate surface area is 103 Å². The van der Waals surface area contributed by atoms with Crippen molar-refractivity contribution in [1.82, 2.24) is 20.1 Å². The van der Waals surface area contributed by atoms with E-state index in [9.17, 15) is 0 Å². The fourth-order valence-corrected chi connectivity index (χ4v) is 1.79. The van der Waals surface area contributed by atoms with Gasteiger partial charge in [0.05, 0.1) is 5.52 Å². The van der Waals surface area contributed by atoms with Gasteiger partial charge in [0.25, 0.3) is 0 Å². The number of aromatic amines is 1. The number of H-pyrrole nitrogens is 1. The lowest BCUT2D eigenvalue weighted by Gasteiger charge is -1.90. The molecule has 0 saturated heterocycles. The van der Waals surface area contributed by atoms with Gasteiger partial charge in [-0.05, 0) is 18.6 Å². The van der Waals surface area contributed by atoms with E-state index < -0.39 is 0 Å². The third kappa shape index (κ3) is 1.76. The number of hydrogen-bond donors (Lipinski definition) is 1. The van der Waals surface area contributed by atoms with Crippen LogP contribution in [0, 0.1) is 6.92 Å². The summed E-state index contributed by atoms with van der Waals surface area (Å²) in [6.07, 6.45) is 1.74. The number of rotatable bonds is 3. The van der Waals surface area contributed by atoms with Crippen molar-refractivity contribution >= 4 is 11.2 Å². The van der Waals surface area contributed by atoms with Gasteiger partial charge in [-0.15, -0.1) is 0 Å². The van der Waals surface area contributed by atoms with Gasteiger partial charge in [0.2, 0.25) is 0 Å². The Morgan fingerprint density at radius 1 is 1.44 bits per heavy atom. The van der Waals surface area contributed by atoms with Gasteiger partial charge in [0, 0.05) is 19.4 Å². The summed E-state index contributed by atoms with van der Waals surface area (Å²) >= 11 is 0. The Morgan fingerprint density at radius 2 is 2.33 bits per heavy atom. The summed E-state index contributed by atoms with van der Waals surface area (Å²) in [4.78, 5) is 11.8. The summed E-state index contributed by atoms with van der Waals surface area (Å²) < 4.78 is 10.1. The van der Waals surface area contributed by atoms with E-state index in [1.54, 1.807) is 19.4 Å². The van der Waals surface area contributed by atoms with Crippen LogP contribution in [0.1, 0.15) is 11.3 Å². The standard InChI is InChI=1S/C12H12N4O2/c1-7-3-4-13-12-10(7)14-11(15-12)9-5-8(6-17-2)18-16-9/h3-5H,6H2,1-2H3,(H,13,14,15). The molecule has 0 atom stereocenters. The topological polar surface area (TPSA) is 76.8 Å². The van der Waals surface area contributed by atoms with E-state index in [1.165, 1.54) is 0 Å². The molecule has 0 aromatic carbocycles. The molecule has 3 aromatic heterocycles. The number of hydrogen-bond acceptors (Lipinski definition) is 5. The first kappa shape index (κ1) is 10.9. The number of aryl methyl sites for hydroxylation is 1. The molecule has 3 rings (SSSR count). The average Bonchev–Trinajstić information content (AvgIpc) is 2.96. The van der Waals surface area contributed by atoms with Crippen LogP contribution in [0.2, 0.25) is 0 Å². The Hall–Kier alpha value is -2.21. The van der Waals surface area contributed by atoms with Crippen LogP contribution in [0.15, 0.2) is 22.9 Å². The first-order valence-electron chi connectivity index (χ1n) is 5.54. The first-order valence-corrected chi connectivity index (χ1v) is 5.54. The Morgan fingerprint density at radius 3 is 3.11 bits per heavy atom. The minimum Gasteiger partial charge on any atom is -0.377 e. The zero-order chi connectivity index (χ0) is 12.5. The van der Waals surface area contributed by atoms with Crippen molar-refractivity contribution in [3.8, 4) is 11.5 Å². The lowest BCUT2D eigenvalue weighted by Crippen LogP contribution is -1.82. The van der Waals surface area contributed by atoms with Crippen LogP contribution >= 0.6 is 0 Å². The number of methoxy groups -OCH3 is 1. The molecule has 18 heavy (non-hydrogen) atoms. The van der Waals surface area contributed by atoms with Gasteiger partial charge in [-0.1, -0.05) is 5.16 Å². The minimum atomic E-state index is 0.393. The molecule has 0 radical (unpaired) electrons. The van der Waals surface area contributed by atoms with Crippen molar-refractivity contribution < 1.29 is 9.26 Å². The molecule has 0 amide bonds. The third-order valence-corrected chi connectivity index (χ3v) is 2.69. The zero-order valence-electron chi connectivity index (χ0n) is 10.1. The van der Waals surface area contributed by atoms with Crippen LogP contribution in [-0.2, 0) is 11.3 Å². The summed E-state index contributed by atoms with van der Waals surface area (Å²) in [6, 6.07) is 3.74. The van der Waals surface area contributed by atoms with Gasteiger partial charge in [-0.2, -0.15) is 0 Å². The van der Waals surface area contributed by atoms with E-state index in [1.807, 2.05) is 13.0 Å². The molecule has 6 nitrogen and oxygen atoms in total. The van der Waals surface area contributed by atoms with E-state index in [-0.39, 0.29) is 0 Å². The lowest BCUT2D eigenvalue weighted by molar-refractivity contribution is 0.156. The third-order valence-electron chi connectivity index (χ3n) is 2.69. The number of nitrogens with one attached hydrogen (secondary N) is 1. The molecular weight excluding hydrogens is 232 g/mol. The van der Waals surface area contributed by atoms with E-state index in [4.69, 9.17) is 9.26 Å². The van der Waals surface area contributed by atoms with Gasteiger partial charge in [0.15, 0.2) is 17.2 Å². The molecule has 0 aliphatic heterocycles. The number of imidazole rings is 1. The van der Waals surface area contributed by atoms with Crippen LogP contribution in [0.4, 0.5) is 0 Å². The maximum atomic E-state index is 5.13. The molecule has 0 spiro atoms. The molecule has 92 valence electrons. The predicted molar refractivity (Wildman–Crippen MR) is 64.8 cm³/mol. The molecule has 0 bridgehead atoms. The van der Waals surface area contributed by atoms with Crippen molar-refractivity contribution in [2.24, 2.45) is 0 Å². The predicted octanol–water partition coefficient (Wildman–Crippen LogP) is 2.07. The summed E-state index contributed by atoms with van der Waals surface area (Å²) in [5.74, 6) is 1.32. The normalized spacial score (nSPS) is 11.2. The molecule has 3 heterocycles. The Kier molecular flexibility index (Phi) is 2.56. The highest BCUT2D eigenvalue weighted by molar-refractivity contribution is 5.77.